The summed E-state index contributed by atoms with van der Waals surface area (Å²) in [5.41, 5.74) is 11.4. The Kier molecular flexibility index (Phi) is 9.89. The molecule has 0 aliphatic rings. The molecule has 336 valence electrons. The molecule has 0 aliphatic heterocycles. The summed E-state index contributed by atoms with van der Waals surface area (Å²) in [6, 6.07) is 103. The molecule has 0 fully saturated rings. The zero-order valence-electron chi connectivity index (χ0n) is 39.5. The van der Waals surface area contributed by atoms with Crippen LogP contribution in [0, 0.1) is 0 Å². The van der Waals surface area contributed by atoms with Crippen molar-refractivity contribution in [1.29, 1.82) is 0 Å². The van der Waals surface area contributed by atoms with Crippen molar-refractivity contribution >= 4 is 110 Å². The molecule has 0 radical (unpaired) electrons. The average Bonchev–Trinajstić information content (AvgIpc) is 3.45. The summed E-state index contributed by atoms with van der Waals surface area (Å²) in [4.78, 5) is 4.91. The number of fused-ring (bicyclic) bond motifs is 7. The topological polar surface area (TPSA) is 6.48 Å². The average molecular weight is 915 g/mol. The first-order chi connectivity index (χ1) is 35.7. The second kappa shape index (κ2) is 17.2. The fourth-order valence-electron chi connectivity index (χ4n) is 11.3. The minimum absolute atomic E-state index is 1.09. The first kappa shape index (κ1) is 41.5. The number of benzene rings is 14. The molecular weight excluding hydrogens is 869 g/mol. The van der Waals surface area contributed by atoms with Gasteiger partial charge in [-0.15, -0.1) is 0 Å². The van der Waals surface area contributed by atoms with Crippen molar-refractivity contribution in [2.24, 2.45) is 0 Å². The maximum absolute atomic E-state index is 2.46. The molecule has 0 saturated carbocycles. The van der Waals surface area contributed by atoms with Gasteiger partial charge in [-0.2, -0.15) is 0 Å². The predicted octanol–water partition coefficient (Wildman–Crippen LogP) is 20.0. The number of hydrogen-bond donors (Lipinski definition) is 0. The van der Waals surface area contributed by atoms with Crippen molar-refractivity contribution in [1.82, 2.24) is 0 Å². The van der Waals surface area contributed by atoms with Gasteiger partial charge in [0.25, 0.3) is 0 Å². The fourth-order valence-corrected chi connectivity index (χ4v) is 11.3. The predicted molar refractivity (Wildman–Crippen MR) is 309 cm³/mol. The molecule has 0 aromatic heterocycles. The van der Waals surface area contributed by atoms with Gasteiger partial charge < -0.3 is 9.80 Å². The Morgan fingerprint density at radius 2 is 0.542 bits per heavy atom. The van der Waals surface area contributed by atoms with E-state index in [-0.39, 0.29) is 0 Å². The van der Waals surface area contributed by atoms with E-state index in [4.69, 9.17) is 0 Å². The molecule has 0 atom stereocenters. The molecule has 72 heavy (non-hydrogen) atoms. The molecule has 0 saturated heterocycles. The molecule has 0 aliphatic carbocycles. The van der Waals surface area contributed by atoms with Gasteiger partial charge in [-0.25, -0.2) is 0 Å². The SMILES string of the molecule is c1ccc(-c2c3ccc(N(c4ccc5ccccc5c4)c4cccc5ccccc45)cc3c(-c3ccc4ccccc4c3)c3ccc(N(c4ccc5ccccc5c4)c4cccc5ccccc45)cc23)cc1. The van der Waals surface area contributed by atoms with Gasteiger partial charge in [-0.05, 0) is 154 Å². The molecule has 0 amide bonds. The first-order valence-corrected chi connectivity index (χ1v) is 24.8. The van der Waals surface area contributed by atoms with Crippen molar-refractivity contribution < 1.29 is 0 Å². The van der Waals surface area contributed by atoms with Crippen molar-refractivity contribution in [3.8, 4) is 22.3 Å². The molecule has 0 N–H and O–H groups in total. The van der Waals surface area contributed by atoms with Crippen LogP contribution < -0.4 is 9.80 Å². The lowest BCUT2D eigenvalue weighted by Gasteiger charge is -2.29. The second-order valence-electron chi connectivity index (χ2n) is 18.9. The Morgan fingerprint density at radius 3 is 1.04 bits per heavy atom. The highest BCUT2D eigenvalue weighted by molar-refractivity contribution is 6.23. The zero-order chi connectivity index (χ0) is 47.5. The largest absolute Gasteiger partial charge is 0.310 e. The number of nitrogens with zero attached hydrogens (tertiary/aromatic N) is 2. The second-order valence-corrected chi connectivity index (χ2v) is 18.9. The maximum Gasteiger partial charge on any atom is 0.0540 e. The summed E-state index contributed by atoms with van der Waals surface area (Å²) in [5.74, 6) is 0. The third-order valence-corrected chi connectivity index (χ3v) is 14.7. The van der Waals surface area contributed by atoms with Crippen LogP contribution in [0.15, 0.2) is 279 Å². The highest BCUT2D eigenvalue weighted by atomic mass is 15.1. The van der Waals surface area contributed by atoms with Gasteiger partial charge in [0.2, 0.25) is 0 Å². The van der Waals surface area contributed by atoms with E-state index in [0.29, 0.717) is 0 Å². The van der Waals surface area contributed by atoms with Crippen LogP contribution in [-0.2, 0) is 0 Å². The van der Waals surface area contributed by atoms with E-state index in [1.807, 2.05) is 0 Å². The molecule has 0 unspecified atom stereocenters. The van der Waals surface area contributed by atoms with Crippen LogP contribution in [0.5, 0.6) is 0 Å². The number of rotatable bonds is 8. The highest BCUT2D eigenvalue weighted by Crippen LogP contribution is 2.50. The van der Waals surface area contributed by atoms with Crippen LogP contribution in [0.4, 0.5) is 34.1 Å². The molecule has 0 spiro atoms. The fraction of sp³-hybridized carbons (Fsp3) is 0. The molecule has 14 rings (SSSR count). The van der Waals surface area contributed by atoms with Crippen LogP contribution in [0.3, 0.4) is 0 Å². The Balaban J connectivity index is 1.09. The summed E-state index contributed by atoms with van der Waals surface area (Å²) < 4.78 is 0. The van der Waals surface area contributed by atoms with Crippen LogP contribution in [0.1, 0.15) is 0 Å². The summed E-state index contributed by atoms with van der Waals surface area (Å²) in [5, 5.41) is 16.8. The van der Waals surface area contributed by atoms with E-state index >= 15 is 0 Å². The summed E-state index contributed by atoms with van der Waals surface area (Å²) >= 11 is 0. The minimum Gasteiger partial charge on any atom is -0.310 e. The Morgan fingerprint density at radius 1 is 0.181 bits per heavy atom. The third kappa shape index (κ3) is 7.03. The molecule has 0 heterocycles. The van der Waals surface area contributed by atoms with Crippen LogP contribution >= 0.6 is 0 Å². The summed E-state index contributed by atoms with van der Waals surface area (Å²) in [6.45, 7) is 0. The number of hydrogen-bond acceptors (Lipinski definition) is 2. The lowest BCUT2D eigenvalue weighted by molar-refractivity contribution is 1.31. The molecule has 2 heteroatoms. The monoisotopic (exact) mass is 914 g/mol. The Labute approximate surface area is 418 Å². The zero-order valence-corrected chi connectivity index (χ0v) is 39.5. The van der Waals surface area contributed by atoms with Gasteiger partial charge in [0.15, 0.2) is 0 Å². The maximum atomic E-state index is 2.46. The molecule has 14 aromatic carbocycles. The normalized spacial score (nSPS) is 11.6. The van der Waals surface area contributed by atoms with E-state index in [9.17, 15) is 0 Å². The van der Waals surface area contributed by atoms with Crippen LogP contribution in [0.25, 0.3) is 97.7 Å². The van der Waals surface area contributed by atoms with E-state index in [2.05, 4.69) is 289 Å². The van der Waals surface area contributed by atoms with Crippen molar-refractivity contribution in [3.63, 3.8) is 0 Å². The quantitative estimate of drug-likeness (QED) is 0.140. The van der Waals surface area contributed by atoms with E-state index in [0.717, 1.165) is 34.1 Å². The van der Waals surface area contributed by atoms with Crippen molar-refractivity contribution in [3.05, 3.63) is 279 Å². The summed E-state index contributed by atoms with van der Waals surface area (Å²) in [7, 11) is 0. The molecular formula is C70H46N2. The van der Waals surface area contributed by atoms with Gasteiger partial charge in [-0.1, -0.05) is 212 Å². The van der Waals surface area contributed by atoms with Crippen LogP contribution in [-0.4, -0.2) is 0 Å². The van der Waals surface area contributed by atoms with Gasteiger partial charge >= 0.3 is 0 Å². The van der Waals surface area contributed by atoms with Gasteiger partial charge in [0, 0.05) is 33.5 Å². The van der Waals surface area contributed by atoms with Crippen molar-refractivity contribution in [2.45, 2.75) is 0 Å². The summed E-state index contributed by atoms with van der Waals surface area (Å²) in [6.07, 6.45) is 0. The van der Waals surface area contributed by atoms with Gasteiger partial charge in [0.05, 0.1) is 11.4 Å². The first-order valence-electron chi connectivity index (χ1n) is 24.8. The minimum atomic E-state index is 1.09. The molecule has 0 bridgehead atoms. The number of anilines is 6. The third-order valence-electron chi connectivity index (χ3n) is 14.7. The van der Waals surface area contributed by atoms with Gasteiger partial charge in [-0.3, -0.25) is 0 Å². The van der Waals surface area contributed by atoms with Crippen LogP contribution in [0.2, 0.25) is 0 Å². The van der Waals surface area contributed by atoms with Gasteiger partial charge in [0.1, 0.15) is 0 Å². The molecule has 2 nitrogen and oxygen atoms in total. The standard InChI is InChI=1S/C70H46N2/c1-2-21-52(22-3-1)69-63-40-38-60(72(58-37-35-49-18-6-9-25-55(49)44-58)68-31-15-27-51-20-11-13-29-62(51)68)46-66(63)70(56-33-32-47-16-4-7-23-53(47)42-56)64-41-39-59(45-65(64)69)71(57-36-34-48-17-5-8-24-54(48)43-57)67-30-14-26-50-19-10-12-28-61(50)67/h1-46H. The lowest BCUT2D eigenvalue weighted by Crippen LogP contribution is -2.11. The highest BCUT2D eigenvalue weighted by Gasteiger charge is 2.24. The van der Waals surface area contributed by atoms with Crippen molar-refractivity contribution in [2.75, 3.05) is 9.80 Å². The van der Waals surface area contributed by atoms with E-state index < -0.39 is 0 Å². The molecule has 14 aromatic rings. The smallest absolute Gasteiger partial charge is 0.0540 e. The lowest BCUT2D eigenvalue weighted by atomic mass is 9.85. The van der Waals surface area contributed by atoms with E-state index in [1.165, 1.54) is 97.7 Å². The Bertz CT molecular complexity index is 4410. The van der Waals surface area contributed by atoms with E-state index in [1.54, 1.807) is 0 Å². The Hall–Kier alpha value is -9.50.